The van der Waals surface area contributed by atoms with Crippen molar-refractivity contribution in [3.05, 3.63) is 46.6 Å². The summed E-state index contributed by atoms with van der Waals surface area (Å²) in [6.45, 7) is 6.47. The molecule has 0 fully saturated rings. The van der Waals surface area contributed by atoms with Gasteiger partial charge in [-0.3, -0.25) is 4.99 Å². The van der Waals surface area contributed by atoms with Gasteiger partial charge in [0.2, 0.25) is 0 Å². The standard InChI is InChI=1S/C18H25FN4O2.HI/c1-11(14-6-7-17(24-5)16(19)10-14)22-18(20-4)21-9-8-15-12(2)23-25-13(15)3;/h6-7,10-11H,8-9H2,1-5H3,(H2,20,21,22);1H. The maximum absolute atomic E-state index is 13.9. The minimum absolute atomic E-state index is 0. The minimum Gasteiger partial charge on any atom is -0.494 e. The third kappa shape index (κ3) is 5.58. The molecule has 26 heavy (non-hydrogen) atoms. The smallest absolute Gasteiger partial charge is 0.191 e. The van der Waals surface area contributed by atoms with E-state index in [0.717, 1.165) is 29.0 Å². The summed E-state index contributed by atoms with van der Waals surface area (Å²) in [6, 6.07) is 4.81. The SMILES string of the molecule is CN=C(NCCc1c(C)noc1C)NC(C)c1ccc(OC)c(F)c1.I. The highest BCUT2D eigenvalue weighted by Gasteiger charge is 2.12. The predicted molar refractivity (Wildman–Crippen MR) is 111 cm³/mol. The Morgan fingerprint density at radius 2 is 2.12 bits per heavy atom. The second-order valence-electron chi connectivity index (χ2n) is 5.81. The summed E-state index contributed by atoms with van der Waals surface area (Å²) in [5.74, 6) is 1.34. The fraction of sp³-hybridized carbons (Fsp3) is 0.444. The molecular formula is C18H26FIN4O2. The molecule has 0 aliphatic carbocycles. The molecule has 0 bridgehead atoms. The van der Waals surface area contributed by atoms with Gasteiger partial charge in [-0.05, 0) is 44.9 Å². The lowest BCUT2D eigenvalue weighted by Gasteiger charge is -2.18. The van der Waals surface area contributed by atoms with Crippen LogP contribution in [-0.4, -0.2) is 31.8 Å². The van der Waals surface area contributed by atoms with E-state index in [9.17, 15) is 4.39 Å². The summed E-state index contributed by atoms with van der Waals surface area (Å²) in [5, 5.41) is 10.5. The first-order valence-electron chi connectivity index (χ1n) is 8.18. The molecule has 0 spiro atoms. The number of rotatable bonds is 6. The monoisotopic (exact) mass is 476 g/mol. The van der Waals surface area contributed by atoms with Crippen molar-refractivity contribution >= 4 is 29.9 Å². The Kier molecular flexibility index (Phi) is 8.83. The first-order chi connectivity index (χ1) is 12.0. The van der Waals surface area contributed by atoms with Crippen LogP contribution in [0.15, 0.2) is 27.7 Å². The molecule has 1 heterocycles. The molecule has 0 amide bonds. The van der Waals surface area contributed by atoms with E-state index in [2.05, 4.69) is 20.8 Å². The van der Waals surface area contributed by atoms with Crippen molar-refractivity contribution < 1.29 is 13.7 Å². The molecule has 1 atom stereocenters. The zero-order valence-electron chi connectivity index (χ0n) is 15.7. The highest BCUT2D eigenvalue weighted by molar-refractivity contribution is 14.0. The largest absolute Gasteiger partial charge is 0.494 e. The van der Waals surface area contributed by atoms with Crippen LogP contribution in [0.3, 0.4) is 0 Å². The van der Waals surface area contributed by atoms with Crippen LogP contribution in [-0.2, 0) is 6.42 Å². The Bertz CT molecular complexity index is 729. The van der Waals surface area contributed by atoms with Gasteiger partial charge in [-0.1, -0.05) is 11.2 Å². The summed E-state index contributed by atoms with van der Waals surface area (Å²) < 4.78 is 24.0. The normalized spacial score (nSPS) is 12.3. The molecule has 144 valence electrons. The van der Waals surface area contributed by atoms with Gasteiger partial charge in [-0.25, -0.2) is 4.39 Å². The first kappa shape index (κ1) is 22.2. The molecule has 2 N–H and O–H groups in total. The van der Waals surface area contributed by atoms with Crippen molar-refractivity contribution in [3.63, 3.8) is 0 Å². The second-order valence-corrected chi connectivity index (χ2v) is 5.81. The van der Waals surface area contributed by atoms with E-state index in [1.807, 2.05) is 26.8 Å². The molecule has 0 aliphatic rings. The molecule has 6 nitrogen and oxygen atoms in total. The average Bonchev–Trinajstić information content (AvgIpc) is 2.92. The zero-order valence-corrected chi connectivity index (χ0v) is 18.1. The van der Waals surface area contributed by atoms with Gasteiger partial charge in [0.1, 0.15) is 5.76 Å². The molecule has 0 radical (unpaired) electrons. The lowest BCUT2D eigenvalue weighted by molar-refractivity contribution is 0.386. The maximum atomic E-state index is 13.9. The lowest BCUT2D eigenvalue weighted by Crippen LogP contribution is -2.39. The lowest BCUT2D eigenvalue weighted by atomic mass is 10.1. The number of nitrogens with zero attached hydrogens (tertiary/aromatic N) is 2. The van der Waals surface area contributed by atoms with E-state index in [1.165, 1.54) is 13.2 Å². The van der Waals surface area contributed by atoms with E-state index < -0.39 is 0 Å². The van der Waals surface area contributed by atoms with Gasteiger partial charge in [0.05, 0.1) is 18.8 Å². The molecule has 8 heteroatoms. The number of benzene rings is 1. The van der Waals surface area contributed by atoms with Gasteiger partial charge in [-0.2, -0.15) is 0 Å². The highest BCUT2D eigenvalue weighted by atomic mass is 127. The molecular weight excluding hydrogens is 450 g/mol. The zero-order chi connectivity index (χ0) is 18.4. The van der Waals surface area contributed by atoms with Crippen molar-refractivity contribution in [2.24, 2.45) is 4.99 Å². The Labute approximate surface area is 170 Å². The fourth-order valence-electron chi connectivity index (χ4n) is 2.60. The molecule has 1 unspecified atom stereocenters. The first-order valence-corrected chi connectivity index (χ1v) is 8.18. The Morgan fingerprint density at radius 3 is 2.65 bits per heavy atom. The van der Waals surface area contributed by atoms with Crippen LogP contribution in [0.25, 0.3) is 0 Å². The van der Waals surface area contributed by atoms with Crippen molar-refractivity contribution in [1.29, 1.82) is 0 Å². The van der Waals surface area contributed by atoms with Crippen molar-refractivity contribution in [3.8, 4) is 5.75 Å². The van der Waals surface area contributed by atoms with Gasteiger partial charge in [0.25, 0.3) is 0 Å². The predicted octanol–water partition coefficient (Wildman–Crippen LogP) is 3.53. The Hall–Kier alpha value is -1.84. The Balaban J connectivity index is 0.00000338. The summed E-state index contributed by atoms with van der Waals surface area (Å²) in [6.07, 6.45) is 0.785. The number of aryl methyl sites for hydroxylation is 2. The number of guanidine groups is 1. The van der Waals surface area contributed by atoms with Gasteiger partial charge in [0, 0.05) is 19.2 Å². The number of halogens is 2. The van der Waals surface area contributed by atoms with E-state index >= 15 is 0 Å². The summed E-state index contributed by atoms with van der Waals surface area (Å²) in [4.78, 5) is 4.21. The maximum Gasteiger partial charge on any atom is 0.191 e. The van der Waals surface area contributed by atoms with E-state index in [0.29, 0.717) is 12.5 Å². The van der Waals surface area contributed by atoms with Crippen LogP contribution in [0.1, 0.15) is 35.5 Å². The number of aliphatic imine (C=N–C) groups is 1. The summed E-state index contributed by atoms with van der Waals surface area (Å²) in [5.41, 5.74) is 2.82. The fourth-order valence-corrected chi connectivity index (χ4v) is 2.60. The van der Waals surface area contributed by atoms with Crippen molar-refractivity contribution in [2.45, 2.75) is 33.2 Å². The molecule has 0 saturated heterocycles. The summed E-state index contributed by atoms with van der Waals surface area (Å²) in [7, 11) is 3.15. The number of hydrogen-bond donors (Lipinski definition) is 2. The van der Waals surface area contributed by atoms with Crippen LogP contribution in [0.4, 0.5) is 4.39 Å². The topological polar surface area (TPSA) is 71.7 Å². The number of methoxy groups -OCH3 is 1. The minimum atomic E-state index is -0.380. The van der Waals surface area contributed by atoms with Gasteiger partial charge >= 0.3 is 0 Å². The second kappa shape index (κ2) is 10.3. The highest BCUT2D eigenvalue weighted by Crippen LogP contribution is 2.21. The number of nitrogens with one attached hydrogen (secondary N) is 2. The average molecular weight is 476 g/mol. The Morgan fingerprint density at radius 1 is 1.38 bits per heavy atom. The van der Waals surface area contributed by atoms with Crippen molar-refractivity contribution in [1.82, 2.24) is 15.8 Å². The molecule has 0 saturated carbocycles. The summed E-state index contributed by atoms with van der Waals surface area (Å²) >= 11 is 0. The van der Waals surface area contributed by atoms with Crippen LogP contribution >= 0.6 is 24.0 Å². The molecule has 2 rings (SSSR count). The van der Waals surface area contributed by atoms with Crippen LogP contribution in [0.5, 0.6) is 5.75 Å². The quantitative estimate of drug-likeness (QED) is 0.379. The van der Waals surface area contributed by atoms with Crippen LogP contribution in [0, 0.1) is 19.7 Å². The van der Waals surface area contributed by atoms with E-state index in [4.69, 9.17) is 9.26 Å². The number of ether oxygens (including phenoxy) is 1. The molecule has 2 aromatic rings. The molecule has 1 aromatic carbocycles. The van der Waals surface area contributed by atoms with Gasteiger partial charge in [-0.15, -0.1) is 24.0 Å². The molecule has 1 aromatic heterocycles. The van der Waals surface area contributed by atoms with E-state index in [1.54, 1.807) is 13.1 Å². The van der Waals surface area contributed by atoms with Crippen LogP contribution in [0.2, 0.25) is 0 Å². The van der Waals surface area contributed by atoms with Crippen molar-refractivity contribution in [2.75, 3.05) is 20.7 Å². The number of hydrogen-bond acceptors (Lipinski definition) is 4. The van der Waals surface area contributed by atoms with Gasteiger partial charge in [0.15, 0.2) is 17.5 Å². The third-order valence-corrected chi connectivity index (χ3v) is 4.10. The van der Waals surface area contributed by atoms with Crippen LogP contribution < -0.4 is 15.4 Å². The van der Waals surface area contributed by atoms with Gasteiger partial charge < -0.3 is 19.9 Å². The molecule has 0 aliphatic heterocycles. The number of aromatic nitrogens is 1. The third-order valence-electron chi connectivity index (χ3n) is 4.10. The van der Waals surface area contributed by atoms with E-state index in [-0.39, 0.29) is 41.6 Å².